The summed E-state index contributed by atoms with van der Waals surface area (Å²) in [7, 11) is 0. The molecule has 1 aromatic heterocycles. The molecule has 0 saturated heterocycles. The Balaban J connectivity index is 1.89. The molecule has 0 saturated carbocycles. The molecule has 9 nitrogen and oxygen atoms in total. The summed E-state index contributed by atoms with van der Waals surface area (Å²) in [5.41, 5.74) is 3.91. The van der Waals surface area contributed by atoms with Crippen molar-refractivity contribution in [2.75, 3.05) is 11.9 Å². The molecular formula is C17H19N5O4S. The van der Waals surface area contributed by atoms with E-state index in [1.54, 1.807) is 35.7 Å². The number of carboxylic acid groups (broad SMARTS) is 1. The summed E-state index contributed by atoms with van der Waals surface area (Å²) in [6.07, 6.45) is 1.59. The van der Waals surface area contributed by atoms with E-state index in [1.807, 2.05) is 0 Å². The maximum absolute atomic E-state index is 12.2. The molecule has 1 aromatic carbocycles. The van der Waals surface area contributed by atoms with E-state index < -0.39 is 17.8 Å². The first-order chi connectivity index (χ1) is 13.0. The van der Waals surface area contributed by atoms with Gasteiger partial charge in [0.2, 0.25) is 5.91 Å². The molecule has 0 aliphatic carbocycles. The molecule has 2 rings (SSSR count). The standard InChI is InChI=1S/C17H19N5O4S/c18-21-10-20-13-3-1-2-12(8-13)16(26)19-9-14(23)22-17-11(6-7-27-17)4-5-15(24)25/h1-3,6-8,10H,4-5,9,18H2,(H,19,26)(H,20,21)(H,22,23)(H,24,25). The van der Waals surface area contributed by atoms with Gasteiger partial charge in [0, 0.05) is 12.0 Å². The first kappa shape index (κ1) is 20.1. The number of thiophene rings is 1. The van der Waals surface area contributed by atoms with E-state index in [4.69, 9.17) is 10.9 Å². The Morgan fingerprint density at radius 2 is 2.07 bits per heavy atom. The van der Waals surface area contributed by atoms with Crippen LogP contribution in [0.4, 0.5) is 10.7 Å². The van der Waals surface area contributed by atoms with Crippen molar-refractivity contribution in [1.29, 1.82) is 0 Å². The first-order valence-electron chi connectivity index (χ1n) is 7.94. The maximum atomic E-state index is 12.2. The molecule has 0 bridgehead atoms. The molecule has 1 heterocycles. The predicted molar refractivity (Wildman–Crippen MR) is 103 cm³/mol. The van der Waals surface area contributed by atoms with Crippen LogP contribution in [0.2, 0.25) is 0 Å². The second-order valence-electron chi connectivity index (χ2n) is 5.37. The average molecular weight is 389 g/mol. The molecule has 0 aliphatic heterocycles. The third kappa shape index (κ3) is 6.53. The molecule has 27 heavy (non-hydrogen) atoms. The molecule has 10 heteroatoms. The van der Waals surface area contributed by atoms with Crippen LogP contribution in [0, 0.1) is 0 Å². The number of carbonyl (C=O) groups excluding carboxylic acids is 2. The van der Waals surface area contributed by atoms with Gasteiger partial charge in [-0.05, 0) is 41.6 Å². The molecule has 2 amide bonds. The molecule has 0 fully saturated rings. The lowest BCUT2D eigenvalue weighted by atomic mass is 10.2. The van der Waals surface area contributed by atoms with Crippen molar-refractivity contribution < 1.29 is 19.5 Å². The molecular weight excluding hydrogens is 370 g/mol. The predicted octanol–water partition coefficient (Wildman–Crippen LogP) is 1.26. The highest BCUT2D eigenvalue weighted by atomic mass is 32.1. The van der Waals surface area contributed by atoms with E-state index in [0.717, 1.165) is 5.56 Å². The number of nitrogens with one attached hydrogen (secondary N) is 3. The zero-order valence-corrected chi connectivity index (χ0v) is 15.1. The van der Waals surface area contributed by atoms with E-state index in [2.05, 4.69) is 21.1 Å². The lowest BCUT2D eigenvalue weighted by molar-refractivity contribution is -0.136. The van der Waals surface area contributed by atoms with Gasteiger partial charge in [0.15, 0.2) is 0 Å². The lowest BCUT2D eigenvalue weighted by Gasteiger charge is -2.08. The summed E-state index contributed by atoms with van der Waals surface area (Å²) in [6.45, 7) is -0.215. The van der Waals surface area contributed by atoms with Gasteiger partial charge in [-0.15, -0.1) is 11.3 Å². The first-order valence-corrected chi connectivity index (χ1v) is 8.82. The molecule has 0 unspecified atom stereocenters. The van der Waals surface area contributed by atoms with E-state index in [0.29, 0.717) is 22.7 Å². The number of aliphatic imine (C=N–C) groups is 1. The molecule has 6 N–H and O–H groups in total. The number of aliphatic carboxylic acids is 1. The van der Waals surface area contributed by atoms with Gasteiger partial charge in [-0.1, -0.05) is 6.07 Å². The summed E-state index contributed by atoms with van der Waals surface area (Å²) in [4.78, 5) is 38.9. The summed E-state index contributed by atoms with van der Waals surface area (Å²) >= 11 is 1.30. The third-order valence-corrected chi connectivity index (χ3v) is 4.29. The Morgan fingerprint density at radius 1 is 1.26 bits per heavy atom. The van der Waals surface area contributed by atoms with Crippen LogP contribution in [-0.4, -0.2) is 35.8 Å². The number of benzene rings is 1. The Labute approximate surface area is 159 Å². The quantitative estimate of drug-likeness (QED) is 0.189. The molecule has 2 aromatic rings. The van der Waals surface area contributed by atoms with Crippen molar-refractivity contribution in [1.82, 2.24) is 10.7 Å². The molecule has 0 radical (unpaired) electrons. The number of hydrogen-bond acceptors (Lipinski definition) is 6. The van der Waals surface area contributed by atoms with Crippen LogP contribution in [0.25, 0.3) is 0 Å². The maximum Gasteiger partial charge on any atom is 0.303 e. The van der Waals surface area contributed by atoms with Crippen LogP contribution in [0.15, 0.2) is 40.7 Å². The summed E-state index contributed by atoms with van der Waals surface area (Å²) < 4.78 is 0. The van der Waals surface area contributed by atoms with Gasteiger partial charge in [0.1, 0.15) is 6.34 Å². The van der Waals surface area contributed by atoms with Crippen molar-refractivity contribution in [3.05, 3.63) is 46.8 Å². The topological polar surface area (TPSA) is 146 Å². The van der Waals surface area contributed by atoms with Crippen LogP contribution in [0.1, 0.15) is 22.3 Å². The van der Waals surface area contributed by atoms with Gasteiger partial charge < -0.3 is 21.2 Å². The summed E-state index contributed by atoms with van der Waals surface area (Å²) in [5, 5.41) is 16.3. The number of carbonyl (C=O) groups is 3. The number of nitrogens with two attached hydrogens (primary N) is 1. The number of hydrazine groups is 1. The molecule has 0 atom stereocenters. The third-order valence-electron chi connectivity index (χ3n) is 3.41. The number of anilines is 1. The molecule has 0 aliphatic rings. The Bertz CT molecular complexity index is 849. The van der Waals surface area contributed by atoms with E-state index >= 15 is 0 Å². The van der Waals surface area contributed by atoms with Crippen LogP contribution >= 0.6 is 11.3 Å². The van der Waals surface area contributed by atoms with Gasteiger partial charge in [-0.25, -0.2) is 10.8 Å². The minimum Gasteiger partial charge on any atom is -0.481 e. The van der Waals surface area contributed by atoms with E-state index in [1.165, 1.54) is 17.7 Å². The molecule has 0 spiro atoms. The minimum atomic E-state index is -0.903. The average Bonchev–Trinajstić information content (AvgIpc) is 3.09. The van der Waals surface area contributed by atoms with Gasteiger partial charge >= 0.3 is 5.97 Å². The highest BCUT2D eigenvalue weighted by Crippen LogP contribution is 2.24. The number of aryl methyl sites for hydroxylation is 1. The van der Waals surface area contributed by atoms with Crippen LogP contribution in [0.3, 0.4) is 0 Å². The fraction of sp³-hybridized carbons (Fsp3) is 0.176. The second kappa shape index (κ2) is 10.0. The zero-order valence-electron chi connectivity index (χ0n) is 14.3. The SMILES string of the molecule is NNC=Nc1cccc(C(=O)NCC(=O)Nc2sccc2CCC(=O)O)c1. The van der Waals surface area contributed by atoms with Gasteiger partial charge in [0.25, 0.3) is 5.91 Å². The second-order valence-corrected chi connectivity index (χ2v) is 6.29. The summed E-state index contributed by atoms with van der Waals surface area (Å²) in [6, 6.07) is 8.30. The van der Waals surface area contributed by atoms with Crippen molar-refractivity contribution in [2.24, 2.45) is 10.8 Å². The van der Waals surface area contributed by atoms with E-state index in [-0.39, 0.29) is 13.0 Å². The summed E-state index contributed by atoms with van der Waals surface area (Å²) in [5.74, 6) is 3.38. The lowest BCUT2D eigenvalue weighted by Crippen LogP contribution is -2.32. The fourth-order valence-electron chi connectivity index (χ4n) is 2.16. The van der Waals surface area contributed by atoms with Crippen LogP contribution in [-0.2, 0) is 16.0 Å². The molecule has 142 valence electrons. The number of carboxylic acids is 1. The largest absolute Gasteiger partial charge is 0.481 e. The van der Waals surface area contributed by atoms with Gasteiger partial charge in [-0.3, -0.25) is 14.4 Å². The Morgan fingerprint density at radius 3 is 2.81 bits per heavy atom. The smallest absolute Gasteiger partial charge is 0.303 e. The number of amides is 2. The van der Waals surface area contributed by atoms with Gasteiger partial charge in [-0.2, -0.15) is 0 Å². The van der Waals surface area contributed by atoms with Crippen molar-refractivity contribution >= 4 is 46.1 Å². The van der Waals surface area contributed by atoms with Crippen molar-refractivity contribution in [3.63, 3.8) is 0 Å². The highest BCUT2D eigenvalue weighted by Gasteiger charge is 2.12. The Kier molecular flexibility index (Phi) is 7.47. The number of rotatable bonds is 9. The highest BCUT2D eigenvalue weighted by molar-refractivity contribution is 7.14. The normalized spacial score (nSPS) is 10.6. The zero-order chi connectivity index (χ0) is 19.6. The van der Waals surface area contributed by atoms with Crippen molar-refractivity contribution in [3.8, 4) is 0 Å². The fourth-order valence-corrected chi connectivity index (χ4v) is 3.02. The van der Waals surface area contributed by atoms with Crippen LogP contribution in [0.5, 0.6) is 0 Å². The Hall–Kier alpha value is -3.24. The van der Waals surface area contributed by atoms with Gasteiger partial charge in [0.05, 0.1) is 17.2 Å². The van der Waals surface area contributed by atoms with E-state index in [9.17, 15) is 14.4 Å². The van der Waals surface area contributed by atoms with Crippen molar-refractivity contribution in [2.45, 2.75) is 12.8 Å². The minimum absolute atomic E-state index is 0.0190. The number of nitrogens with zero attached hydrogens (tertiary/aromatic N) is 1. The number of hydrogen-bond donors (Lipinski definition) is 5. The van der Waals surface area contributed by atoms with Crippen LogP contribution < -0.4 is 21.9 Å². The monoisotopic (exact) mass is 389 g/mol.